The lowest BCUT2D eigenvalue weighted by atomic mass is 9.68. The Morgan fingerprint density at radius 3 is 2.37 bits per heavy atom. The minimum Gasteiger partial charge on any atom is -0.496 e. The van der Waals surface area contributed by atoms with E-state index >= 15 is 0 Å². The quantitative estimate of drug-likeness (QED) is 0.362. The van der Waals surface area contributed by atoms with Gasteiger partial charge in [0.2, 0.25) is 5.91 Å². The first-order valence-electron chi connectivity index (χ1n) is 11.9. The Morgan fingerprint density at radius 2 is 1.57 bits per heavy atom. The second-order valence-electron chi connectivity index (χ2n) is 9.30. The Bertz CT molecular complexity index is 1430. The van der Waals surface area contributed by atoms with Crippen molar-refractivity contribution in [2.24, 2.45) is 5.41 Å². The number of amides is 1. The van der Waals surface area contributed by atoms with Crippen molar-refractivity contribution < 1.29 is 9.53 Å². The van der Waals surface area contributed by atoms with Crippen molar-refractivity contribution in [3.05, 3.63) is 113 Å². The predicted octanol–water partition coefficient (Wildman–Crippen LogP) is 6.10. The number of para-hydroxylation sites is 1. The lowest BCUT2D eigenvalue weighted by Crippen LogP contribution is -2.47. The Balaban J connectivity index is 1.68. The minimum atomic E-state index is -1.34. The van der Waals surface area contributed by atoms with Crippen molar-refractivity contribution in [2.45, 2.75) is 25.8 Å². The van der Waals surface area contributed by atoms with Gasteiger partial charge in [0.15, 0.2) is 0 Å². The number of nitriles is 1. The highest BCUT2D eigenvalue weighted by molar-refractivity contribution is 5.91. The fraction of sp³-hybridized carbons (Fsp3) is 0.226. The van der Waals surface area contributed by atoms with Crippen LogP contribution in [0.1, 0.15) is 35.1 Å². The van der Waals surface area contributed by atoms with Crippen LogP contribution in [-0.2, 0) is 17.8 Å². The molecular formula is C31H28N2O2. The number of carbonyl (C=O) groups excluding carboxylic acids is 1. The summed E-state index contributed by atoms with van der Waals surface area (Å²) in [6.45, 7) is 2.90. The SMILES string of the molecule is COc1ccccc1C(c1cccc2ccccc12)[C@@](C)(C#N)C(=O)N1CCc2ccccc2C1. The lowest BCUT2D eigenvalue weighted by molar-refractivity contribution is -0.140. The van der Waals surface area contributed by atoms with E-state index in [9.17, 15) is 10.1 Å². The molecule has 1 unspecified atom stereocenters. The highest BCUT2D eigenvalue weighted by atomic mass is 16.5. The van der Waals surface area contributed by atoms with Crippen molar-refractivity contribution in [3.8, 4) is 11.8 Å². The monoisotopic (exact) mass is 460 g/mol. The maximum Gasteiger partial charge on any atom is 0.244 e. The summed E-state index contributed by atoms with van der Waals surface area (Å²) >= 11 is 0. The van der Waals surface area contributed by atoms with E-state index in [-0.39, 0.29) is 5.91 Å². The van der Waals surface area contributed by atoms with Crippen molar-refractivity contribution in [1.82, 2.24) is 4.90 Å². The number of benzene rings is 4. The summed E-state index contributed by atoms with van der Waals surface area (Å²) in [6, 6.07) is 32.6. The van der Waals surface area contributed by atoms with E-state index in [1.807, 2.05) is 65.6 Å². The van der Waals surface area contributed by atoms with Gasteiger partial charge in [0.05, 0.1) is 13.2 Å². The van der Waals surface area contributed by atoms with E-state index in [4.69, 9.17) is 4.74 Å². The third kappa shape index (κ3) is 3.94. The molecule has 0 aromatic heterocycles. The maximum absolute atomic E-state index is 14.2. The molecule has 4 nitrogen and oxygen atoms in total. The van der Waals surface area contributed by atoms with Crippen LogP contribution in [0.25, 0.3) is 10.8 Å². The summed E-state index contributed by atoms with van der Waals surface area (Å²) in [5.74, 6) is 0.00135. The van der Waals surface area contributed by atoms with Gasteiger partial charge < -0.3 is 9.64 Å². The van der Waals surface area contributed by atoms with E-state index < -0.39 is 11.3 Å². The van der Waals surface area contributed by atoms with Gasteiger partial charge >= 0.3 is 0 Å². The van der Waals surface area contributed by atoms with Gasteiger partial charge in [-0.25, -0.2) is 0 Å². The van der Waals surface area contributed by atoms with E-state index in [0.717, 1.165) is 33.9 Å². The zero-order valence-corrected chi connectivity index (χ0v) is 20.1. The Kier molecular flexibility index (Phi) is 6.01. The summed E-state index contributed by atoms with van der Waals surface area (Å²) in [5, 5.41) is 12.8. The number of ether oxygens (including phenoxy) is 1. The molecule has 0 saturated carbocycles. The summed E-state index contributed by atoms with van der Waals surface area (Å²) < 4.78 is 5.74. The average Bonchev–Trinajstić information content (AvgIpc) is 2.92. The molecule has 0 spiro atoms. The van der Waals surface area contributed by atoms with Gasteiger partial charge in [-0.15, -0.1) is 0 Å². The third-order valence-corrected chi connectivity index (χ3v) is 7.26. The van der Waals surface area contributed by atoms with E-state index in [1.165, 1.54) is 5.56 Å². The molecule has 0 fully saturated rings. The van der Waals surface area contributed by atoms with Crippen molar-refractivity contribution in [1.29, 1.82) is 5.26 Å². The van der Waals surface area contributed by atoms with E-state index in [2.05, 4.69) is 36.4 Å². The first-order valence-corrected chi connectivity index (χ1v) is 11.9. The van der Waals surface area contributed by atoms with Crippen LogP contribution < -0.4 is 4.74 Å². The van der Waals surface area contributed by atoms with Crippen LogP contribution in [0.4, 0.5) is 0 Å². The zero-order valence-electron chi connectivity index (χ0n) is 20.1. The van der Waals surface area contributed by atoms with Crippen molar-refractivity contribution in [2.75, 3.05) is 13.7 Å². The van der Waals surface area contributed by atoms with Gasteiger partial charge in [-0.05, 0) is 46.9 Å². The molecular weight excluding hydrogens is 432 g/mol. The normalized spacial score (nSPS) is 15.5. The van der Waals surface area contributed by atoms with Crippen molar-refractivity contribution >= 4 is 16.7 Å². The van der Waals surface area contributed by atoms with Crippen LogP contribution in [0, 0.1) is 16.7 Å². The molecule has 5 rings (SSSR count). The van der Waals surface area contributed by atoms with Crippen LogP contribution >= 0.6 is 0 Å². The second kappa shape index (κ2) is 9.27. The molecule has 0 N–H and O–H groups in total. The zero-order chi connectivity index (χ0) is 24.4. The number of fused-ring (bicyclic) bond motifs is 2. The van der Waals surface area contributed by atoms with Crippen molar-refractivity contribution in [3.63, 3.8) is 0 Å². The molecule has 1 heterocycles. The number of hydrogen-bond donors (Lipinski definition) is 0. The van der Waals surface area contributed by atoms with Gasteiger partial charge in [-0.1, -0.05) is 84.9 Å². The molecule has 2 atom stereocenters. The molecule has 35 heavy (non-hydrogen) atoms. The standard InChI is InChI=1S/C31H28N2O2/c1-31(21-32,30(34)33-19-18-22-10-3-4-12-24(22)20-33)29(27-15-7-8-17-28(27)35-2)26-16-9-13-23-11-5-6-14-25(23)26/h3-17,29H,18-20H2,1-2H3/t29?,31-/m1/s1. The van der Waals surface area contributed by atoms with Gasteiger partial charge in [-0.3, -0.25) is 4.79 Å². The molecule has 174 valence electrons. The summed E-state index contributed by atoms with van der Waals surface area (Å²) in [6.07, 6.45) is 0.789. The predicted molar refractivity (Wildman–Crippen MR) is 138 cm³/mol. The molecule has 0 bridgehead atoms. The molecule has 1 aliphatic rings. The number of rotatable bonds is 5. The molecule has 0 saturated heterocycles. The number of methoxy groups -OCH3 is 1. The van der Waals surface area contributed by atoms with Crippen LogP contribution in [-0.4, -0.2) is 24.5 Å². The average molecular weight is 461 g/mol. The van der Waals surface area contributed by atoms with Crippen LogP contribution in [0.15, 0.2) is 91.0 Å². The molecule has 0 radical (unpaired) electrons. The summed E-state index contributed by atoms with van der Waals surface area (Å²) in [5.41, 5.74) is 2.85. The fourth-order valence-electron chi connectivity index (χ4n) is 5.43. The molecule has 4 heteroatoms. The Hall–Kier alpha value is -4.10. The third-order valence-electron chi connectivity index (χ3n) is 7.26. The van der Waals surface area contributed by atoms with Gasteiger partial charge in [0.25, 0.3) is 0 Å². The summed E-state index contributed by atoms with van der Waals surface area (Å²) in [7, 11) is 1.63. The molecule has 0 aliphatic carbocycles. The number of carbonyl (C=O) groups is 1. The number of hydrogen-bond acceptors (Lipinski definition) is 3. The van der Waals surface area contributed by atoms with Gasteiger partial charge in [0, 0.05) is 24.6 Å². The largest absolute Gasteiger partial charge is 0.496 e. The first kappa shape index (κ1) is 22.7. The summed E-state index contributed by atoms with van der Waals surface area (Å²) in [4.78, 5) is 16.1. The van der Waals surface area contributed by atoms with Crippen LogP contribution in [0.5, 0.6) is 5.75 Å². The molecule has 4 aromatic carbocycles. The molecule has 1 aliphatic heterocycles. The molecule has 4 aromatic rings. The topological polar surface area (TPSA) is 53.3 Å². The van der Waals surface area contributed by atoms with Crippen LogP contribution in [0.2, 0.25) is 0 Å². The molecule has 1 amide bonds. The van der Waals surface area contributed by atoms with Crippen LogP contribution in [0.3, 0.4) is 0 Å². The van der Waals surface area contributed by atoms with Gasteiger partial charge in [-0.2, -0.15) is 5.26 Å². The highest BCUT2D eigenvalue weighted by Crippen LogP contribution is 2.47. The smallest absolute Gasteiger partial charge is 0.244 e. The minimum absolute atomic E-state index is 0.154. The van der Waals surface area contributed by atoms with E-state index in [1.54, 1.807) is 14.0 Å². The van der Waals surface area contributed by atoms with E-state index in [0.29, 0.717) is 18.8 Å². The Morgan fingerprint density at radius 1 is 0.914 bits per heavy atom. The highest BCUT2D eigenvalue weighted by Gasteiger charge is 2.47. The lowest BCUT2D eigenvalue weighted by Gasteiger charge is -2.38. The fourth-order valence-corrected chi connectivity index (χ4v) is 5.43. The Labute approximate surface area is 206 Å². The van der Waals surface area contributed by atoms with Gasteiger partial charge in [0.1, 0.15) is 11.2 Å². The maximum atomic E-state index is 14.2. The number of nitrogens with zero attached hydrogens (tertiary/aromatic N) is 2. The second-order valence-corrected chi connectivity index (χ2v) is 9.30. The first-order chi connectivity index (χ1) is 17.1.